The average Bonchev–Trinajstić information content (AvgIpc) is 3.02. The number of piperazine rings is 1. The molecular weight excluding hydrogens is 391 g/mol. The van der Waals surface area contributed by atoms with Crippen LogP contribution in [0, 0.1) is 19.7 Å². The summed E-state index contributed by atoms with van der Waals surface area (Å²) in [4.78, 5) is 17.2. The minimum absolute atomic E-state index is 0.121. The quantitative estimate of drug-likeness (QED) is 0.646. The Labute approximate surface area is 174 Å². The Hall–Kier alpha value is -2.86. The Bertz CT molecular complexity index is 1040. The van der Waals surface area contributed by atoms with Crippen LogP contribution in [0.2, 0.25) is 5.15 Å². The molecule has 0 aliphatic carbocycles. The van der Waals surface area contributed by atoms with Gasteiger partial charge in [0.2, 0.25) is 0 Å². The Kier molecular flexibility index (Phi) is 5.28. The normalized spacial score (nSPS) is 14.3. The summed E-state index contributed by atoms with van der Waals surface area (Å²) in [6.07, 6.45) is 0. The van der Waals surface area contributed by atoms with Crippen molar-refractivity contribution in [2.75, 3.05) is 31.1 Å². The molecule has 1 fully saturated rings. The molecule has 29 heavy (non-hydrogen) atoms. The van der Waals surface area contributed by atoms with Crippen molar-refractivity contribution in [2.24, 2.45) is 0 Å². The second kappa shape index (κ2) is 7.87. The highest BCUT2D eigenvalue weighted by Crippen LogP contribution is 2.26. The molecule has 0 unspecified atom stereocenters. The molecule has 1 saturated heterocycles. The van der Waals surface area contributed by atoms with Crippen molar-refractivity contribution in [3.8, 4) is 5.69 Å². The van der Waals surface area contributed by atoms with Gasteiger partial charge >= 0.3 is 0 Å². The zero-order chi connectivity index (χ0) is 20.5. The monoisotopic (exact) mass is 412 g/mol. The van der Waals surface area contributed by atoms with E-state index in [0.717, 1.165) is 13.1 Å². The van der Waals surface area contributed by atoms with E-state index in [2.05, 4.69) is 41.2 Å². The van der Waals surface area contributed by atoms with Gasteiger partial charge in [0.25, 0.3) is 5.91 Å². The van der Waals surface area contributed by atoms with Crippen molar-refractivity contribution in [2.45, 2.75) is 13.8 Å². The minimum atomic E-state index is -0.337. The van der Waals surface area contributed by atoms with Gasteiger partial charge in [0, 0.05) is 31.9 Å². The van der Waals surface area contributed by atoms with Crippen LogP contribution in [0.15, 0.2) is 48.5 Å². The molecule has 0 spiro atoms. The number of rotatable bonds is 3. The van der Waals surface area contributed by atoms with Crippen molar-refractivity contribution >= 4 is 23.2 Å². The summed E-state index contributed by atoms with van der Waals surface area (Å²) in [5, 5.41) is 4.65. The van der Waals surface area contributed by atoms with E-state index in [-0.39, 0.29) is 16.9 Å². The molecule has 1 amide bonds. The summed E-state index contributed by atoms with van der Waals surface area (Å²) in [5.74, 6) is -0.457. The molecule has 0 radical (unpaired) electrons. The summed E-state index contributed by atoms with van der Waals surface area (Å²) in [6, 6.07) is 14.2. The maximum absolute atomic E-state index is 13.2. The summed E-state index contributed by atoms with van der Waals surface area (Å²) < 4.78 is 14.7. The number of carbonyl (C=O) groups excluding carboxylic acids is 1. The van der Waals surface area contributed by atoms with Crippen LogP contribution in [-0.4, -0.2) is 46.8 Å². The third kappa shape index (κ3) is 3.85. The van der Waals surface area contributed by atoms with Crippen molar-refractivity contribution in [1.29, 1.82) is 0 Å². The Morgan fingerprint density at radius 2 is 1.69 bits per heavy atom. The molecule has 0 bridgehead atoms. The van der Waals surface area contributed by atoms with E-state index in [4.69, 9.17) is 11.6 Å². The van der Waals surface area contributed by atoms with Gasteiger partial charge in [0.1, 0.15) is 11.0 Å². The van der Waals surface area contributed by atoms with Crippen molar-refractivity contribution in [3.63, 3.8) is 0 Å². The van der Waals surface area contributed by atoms with E-state index in [1.54, 1.807) is 19.1 Å². The lowest BCUT2D eigenvalue weighted by atomic mass is 10.1. The van der Waals surface area contributed by atoms with Gasteiger partial charge in [0.05, 0.1) is 16.9 Å². The Balaban J connectivity index is 1.51. The second-order valence-corrected chi connectivity index (χ2v) is 7.62. The highest BCUT2D eigenvalue weighted by Gasteiger charge is 2.28. The zero-order valence-electron chi connectivity index (χ0n) is 16.4. The van der Waals surface area contributed by atoms with Gasteiger partial charge in [-0.25, -0.2) is 9.07 Å². The number of nitrogens with zero attached hydrogens (tertiary/aromatic N) is 4. The molecule has 1 aromatic heterocycles. The number of aromatic nitrogens is 2. The first-order valence-electron chi connectivity index (χ1n) is 9.56. The summed E-state index contributed by atoms with van der Waals surface area (Å²) in [6.45, 7) is 6.60. The first-order valence-corrected chi connectivity index (χ1v) is 9.94. The fraction of sp³-hybridized carbons (Fsp3) is 0.273. The van der Waals surface area contributed by atoms with Crippen LogP contribution < -0.4 is 4.90 Å². The number of hydrogen-bond donors (Lipinski definition) is 0. The van der Waals surface area contributed by atoms with E-state index in [1.165, 1.54) is 28.1 Å². The molecule has 2 heterocycles. The topological polar surface area (TPSA) is 41.4 Å². The molecule has 2 aromatic carbocycles. The number of amides is 1. The zero-order valence-corrected chi connectivity index (χ0v) is 17.2. The maximum atomic E-state index is 13.2. The second-order valence-electron chi connectivity index (χ2n) is 7.26. The van der Waals surface area contributed by atoms with E-state index in [9.17, 15) is 9.18 Å². The Morgan fingerprint density at radius 3 is 2.34 bits per heavy atom. The van der Waals surface area contributed by atoms with Crippen LogP contribution in [0.1, 0.15) is 21.6 Å². The third-order valence-electron chi connectivity index (χ3n) is 5.22. The summed E-state index contributed by atoms with van der Waals surface area (Å²) in [5.41, 5.74) is 3.97. The lowest BCUT2D eigenvalue weighted by Crippen LogP contribution is -2.49. The standard InChI is InChI=1S/C22H22ClFN4O/c1-15-4-3-5-19(14-15)26-10-12-27(13-11-26)22(29)20-16(2)25-28(21(20)23)18-8-6-17(24)7-9-18/h3-9,14H,10-13H2,1-2H3. The number of carbonyl (C=O) groups is 1. The number of hydrogen-bond acceptors (Lipinski definition) is 3. The van der Waals surface area contributed by atoms with Gasteiger partial charge in [0.15, 0.2) is 0 Å². The first kappa shape index (κ1) is 19.5. The minimum Gasteiger partial charge on any atom is -0.368 e. The fourth-order valence-corrected chi connectivity index (χ4v) is 4.00. The van der Waals surface area contributed by atoms with E-state index in [0.29, 0.717) is 30.0 Å². The molecule has 1 aliphatic rings. The smallest absolute Gasteiger partial charge is 0.259 e. The fourth-order valence-electron chi connectivity index (χ4n) is 3.65. The van der Waals surface area contributed by atoms with Crippen LogP contribution in [0.3, 0.4) is 0 Å². The molecule has 150 valence electrons. The van der Waals surface area contributed by atoms with Crippen LogP contribution in [0.4, 0.5) is 10.1 Å². The molecule has 5 nitrogen and oxygen atoms in total. The van der Waals surface area contributed by atoms with Gasteiger partial charge in [-0.15, -0.1) is 0 Å². The number of halogens is 2. The molecule has 0 saturated carbocycles. The molecule has 0 N–H and O–H groups in total. The molecular formula is C22H22ClFN4O. The van der Waals surface area contributed by atoms with Crippen LogP contribution in [-0.2, 0) is 0 Å². The third-order valence-corrected chi connectivity index (χ3v) is 5.57. The largest absolute Gasteiger partial charge is 0.368 e. The van der Waals surface area contributed by atoms with Gasteiger partial charge < -0.3 is 9.80 Å². The Morgan fingerprint density at radius 1 is 1.00 bits per heavy atom. The van der Waals surface area contributed by atoms with Crippen LogP contribution in [0.25, 0.3) is 5.69 Å². The number of aryl methyl sites for hydroxylation is 2. The lowest BCUT2D eigenvalue weighted by molar-refractivity contribution is 0.0746. The molecule has 0 atom stereocenters. The van der Waals surface area contributed by atoms with Crippen molar-refractivity contribution in [1.82, 2.24) is 14.7 Å². The van der Waals surface area contributed by atoms with Gasteiger partial charge in [-0.05, 0) is 55.8 Å². The first-order chi connectivity index (χ1) is 13.9. The van der Waals surface area contributed by atoms with Crippen LogP contribution >= 0.6 is 11.6 Å². The number of anilines is 1. The average molecular weight is 413 g/mol. The predicted octanol–water partition coefficient (Wildman–Crippen LogP) is 4.24. The van der Waals surface area contributed by atoms with Gasteiger partial charge in [-0.2, -0.15) is 5.10 Å². The van der Waals surface area contributed by atoms with Crippen molar-refractivity contribution < 1.29 is 9.18 Å². The summed E-state index contributed by atoms with van der Waals surface area (Å²) >= 11 is 6.51. The SMILES string of the molecule is Cc1cccc(N2CCN(C(=O)c3c(C)nn(-c4ccc(F)cc4)c3Cl)CC2)c1. The maximum Gasteiger partial charge on any atom is 0.259 e. The highest BCUT2D eigenvalue weighted by molar-refractivity contribution is 6.33. The highest BCUT2D eigenvalue weighted by atomic mass is 35.5. The van der Waals surface area contributed by atoms with Gasteiger partial charge in [-0.3, -0.25) is 4.79 Å². The lowest BCUT2D eigenvalue weighted by Gasteiger charge is -2.36. The van der Waals surface area contributed by atoms with Gasteiger partial charge in [-0.1, -0.05) is 23.7 Å². The molecule has 3 aromatic rings. The van der Waals surface area contributed by atoms with Crippen LogP contribution in [0.5, 0.6) is 0 Å². The number of benzene rings is 2. The van der Waals surface area contributed by atoms with Crippen molar-refractivity contribution in [3.05, 3.63) is 76.3 Å². The van der Waals surface area contributed by atoms with E-state index >= 15 is 0 Å². The summed E-state index contributed by atoms with van der Waals surface area (Å²) in [7, 11) is 0. The van der Waals surface area contributed by atoms with E-state index < -0.39 is 0 Å². The molecule has 7 heteroatoms. The molecule has 4 rings (SSSR count). The molecule has 1 aliphatic heterocycles. The van der Waals surface area contributed by atoms with E-state index in [1.807, 2.05) is 4.90 Å². The predicted molar refractivity (Wildman–Crippen MR) is 113 cm³/mol.